The maximum Gasteiger partial charge on any atom is 0.205 e. The average Bonchev–Trinajstić information content (AvgIpc) is 2.65. The minimum absolute atomic E-state index is 0.256. The Morgan fingerprint density at radius 1 is 1.11 bits per heavy atom. The van der Waals surface area contributed by atoms with Crippen LogP contribution in [0.4, 0.5) is 10.3 Å². The van der Waals surface area contributed by atoms with Crippen LogP contribution >= 0.6 is 23.2 Å². The van der Waals surface area contributed by atoms with Crippen molar-refractivity contribution < 1.29 is 4.39 Å². The second-order valence-electron chi connectivity index (χ2n) is 4.03. The molecular formula is C13H8Cl2FN3. The predicted molar refractivity (Wildman–Crippen MR) is 75.5 cm³/mol. The maximum absolute atomic E-state index is 13.1. The van der Waals surface area contributed by atoms with Gasteiger partial charge >= 0.3 is 0 Å². The quantitative estimate of drug-likeness (QED) is 0.736. The zero-order chi connectivity index (χ0) is 13.6. The Morgan fingerprint density at radius 2 is 1.89 bits per heavy atom. The second-order valence-corrected chi connectivity index (χ2v) is 4.88. The van der Waals surface area contributed by atoms with E-state index in [0.29, 0.717) is 16.2 Å². The van der Waals surface area contributed by atoms with E-state index in [1.807, 2.05) is 0 Å². The second kappa shape index (κ2) is 4.40. The zero-order valence-electron chi connectivity index (χ0n) is 9.57. The van der Waals surface area contributed by atoms with Gasteiger partial charge in [0.25, 0.3) is 0 Å². The van der Waals surface area contributed by atoms with Crippen molar-refractivity contribution in [3.63, 3.8) is 0 Å². The zero-order valence-corrected chi connectivity index (χ0v) is 11.1. The third-order valence-corrected chi connectivity index (χ3v) is 3.33. The van der Waals surface area contributed by atoms with Crippen molar-refractivity contribution in [3.8, 4) is 5.69 Å². The Kier molecular flexibility index (Phi) is 2.84. The third-order valence-electron chi connectivity index (χ3n) is 2.79. The Morgan fingerprint density at radius 3 is 2.63 bits per heavy atom. The lowest BCUT2D eigenvalue weighted by atomic mass is 10.2. The van der Waals surface area contributed by atoms with Gasteiger partial charge in [0.05, 0.1) is 21.7 Å². The lowest BCUT2D eigenvalue weighted by Crippen LogP contribution is -2.01. The first-order valence-electron chi connectivity index (χ1n) is 5.45. The van der Waals surface area contributed by atoms with Crippen LogP contribution in [0.25, 0.3) is 16.7 Å². The van der Waals surface area contributed by atoms with Crippen molar-refractivity contribution >= 4 is 40.2 Å². The number of nitrogens with zero attached hydrogens (tertiary/aromatic N) is 2. The molecule has 0 atom stereocenters. The van der Waals surface area contributed by atoms with Crippen molar-refractivity contribution in [2.75, 3.05) is 5.73 Å². The number of imidazole rings is 1. The Balaban J connectivity index is 2.35. The fourth-order valence-corrected chi connectivity index (χ4v) is 2.40. The molecule has 3 nitrogen and oxygen atoms in total. The largest absolute Gasteiger partial charge is 0.369 e. The van der Waals surface area contributed by atoms with Crippen molar-refractivity contribution in [2.24, 2.45) is 0 Å². The van der Waals surface area contributed by atoms with Gasteiger partial charge in [-0.1, -0.05) is 23.2 Å². The molecule has 1 aromatic heterocycles. The molecule has 0 fully saturated rings. The lowest BCUT2D eigenvalue weighted by Gasteiger charge is -2.08. The minimum atomic E-state index is -0.408. The highest BCUT2D eigenvalue weighted by Crippen LogP contribution is 2.29. The molecule has 0 unspecified atom stereocenters. The number of anilines is 1. The number of nitrogen functional groups attached to an aromatic ring is 1. The number of hydrogen-bond acceptors (Lipinski definition) is 2. The molecule has 96 valence electrons. The smallest absolute Gasteiger partial charge is 0.205 e. The molecule has 2 aromatic carbocycles. The lowest BCUT2D eigenvalue weighted by molar-refractivity contribution is 0.627. The Hall–Kier alpha value is -1.78. The highest BCUT2D eigenvalue weighted by molar-refractivity contribution is 6.32. The van der Waals surface area contributed by atoms with E-state index in [-0.39, 0.29) is 11.0 Å². The fraction of sp³-hybridized carbons (Fsp3) is 0. The minimum Gasteiger partial charge on any atom is -0.369 e. The van der Waals surface area contributed by atoms with Gasteiger partial charge in [-0.15, -0.1) is 0 Å². The van der Waals surface area contributed by atoms with E-state index in [1.165, 1.54) is 12.1 Å². The first-order valence-corrected chi connectivity index (χ1v) is 6.21. The van der Waals surface area contributed by atoms with E-state index < -0.39 is 5.82 Å². The molecule has 2 N–H and O–H groups in total. The summed E-state index contributed by atoms with van der Waals surface area (Å²) in [6.07, 6.45) is 0. The van der Waals surface area contributed by atoms with E-state index in [1.54, 1.807) is 28.8 Å². The molecule has 6 heteroatoms. The number of benzene rings is 2. The molecule has 0 spiro atoms. The summed E-state index contributed by atoms with van der Waals surface area (Å²) in [5.74, 6) is -0.138. The molecule has 0 aliphatic heterocycles. The van der Waals surface area contributed by atoms with Gasteiger partial charge in [-0.25, -0.2) is 9.37 Å². The molecule has 0 saturated carbocycles. The maximum atomic E-state index is 13.1. The van der Waals surface area contributed by atoms with E-state index >= 15 is 0 Å². The molecule has 3 rings (SSSR count). The standard InChI is InChI=1S/C13H8Cl2FN3/c14-7-1-3-10-12(5-7)19(13(17)18-10)11-4-2-8(16)6-9(11)15/h1-6H,(H2,17,18). The number of fused-ring (bicyclic) bond motifs is 1. The SMILES string of the molecule is Nc1nc2ccc(Cl)cc2n1-c1ccc(F)cc1Cl. The van der Waals surface area contributed by atoms with E-state index in [9.17, 15) is 4.39 Å². The van der Waals surface area contributed by atoms with Crippen LogP contribution in [0.1, 0.15) is 0 Å². The van der Waals surface area contributed by atoms with Crippen LogP contribution in [0, 0.1) is 5.82 Å². The molecule has 0 bridgehead atoms. The summed E-state index contributed by atoms with van der Waals surface area (Å²) in [7, 11) is 0. The molecule has 1 heterocycles. The van der Waals surface area contributed by atoms with Gasteiger partial charge in [-0.05, 0) is 36.4 Å². The van der Waals surface area contributed by atoms with Gasteiger partial charge in [0, 0.05) is 5.02 Å². The number of nitrogens with two attached hydrogens (primary N) is 1. The summed E-state index contributed by atoms with van der Waals surface area (Å²) in [4.78, 5) is 4.22. The van der Waals surface area contributed by atoms with Gasteiger partial charge in [0.15, 0.2) is 0 Å². The van der Waals surface area contributed by atoms with E-state index in [2.05, 4.69) is 4.98 Å². The fourth-order valence-electron chi connectivity index (χ4n) is 1.98. The van der Waals surface area contributed by atoms with Gasteiger partial charge in [0.2, 0.25) is 5.95 Å². The van der Waals surface area contributed by atoms with Crippen LogP contribution < -0.4 is 5.73 Å². The Bertz CT molecular complexity index is 783. The summed E-state index contributed by atoms with van der Waals surface area (Å²) in [5.41, 5.74) is 7.88. The number of rotatable bonds is 1. The van der Waals surface area contributed by atoms with Crippen molar-refractivity contribution in [3.05, 3.63) is 52.3 Å². The van der Waals surface area contributed by atoms with Crippen molar-refractivity contribution in [1.82, 2.24) is 9.55 Å². The van der Waals surface area contributed by atoms with Gasteiger partial charge in [-0.2, -0.15) is 0 Å². The molecule has 0 radical (unpaired) electrons. The van der Waals surface area contributed by atoms with Gasteiger partial charge in [-0.3, -0.25) is 4.57 Å². The number of aromatic nitrogens is 2. The van der Waals surface area contributed by atoms with Crippen LogP contribution in [0.3, 0.4) is 0 Å². The van der Waals surface area contributed by atoms with Crippen LogP contribution in [-0.2, 0) is 0 Å². The molecule has 0 aliphatic rings. The molecule has 19 heavy (non-hydrogen) atoms. The van der Waals surface area contributed by atoms with Crippen molar-refractivity contribution in [1.29, 1.82) is 0 Å². The molecular weight excluding hydrogens is 288 g/mol. The summed E-state index contributed by atoms with van der Waals surface area (Å²) in [6.45, 7) is 0. The van der Waals surface area contributed by atoms with Crippen LogP contribution in [0.5, 0.6) is 0 Å². The van der Waals surface area contributed by atoms with Crippen LogP contribution in [0.15, 0.2) is 36.4 Å². The highest BCUT2D eigenvalue weighted by atomic mass is 35.5. The van der Waals surface area contributed by atoms with Crippen LogP contribution in [-0.4, -0.2) is 9.55 Å². The third kappa shape index (κ3) is 2.03. The van der Waals surface area contributed by atoms with Crippen molar-refractivity contribution in [2.45, 2.75) is 0 Å². The molecule has 3 aromatic rings. The summed E-state index contributed by atoms with van der Waals surface area (Å²) >= 11 is 12.0. The predicted octanol–water partition coefficient (Wildman–Crippen LogP) is 4.05. The highest BCUT2D eigenvalue weighted by Gasteiger charge is 2.13. The topological polar surface area (TPSA) is 43.8 Å². The van der Waals surface area contributed by atoms with Crippen LogP contribution in [0.2, 0.25) is 10.0 Å². The number of hydrogen-bond donors (Lipinski definition) is 1. The summed E-state index contributed by atoms with van der Waals surface area (Å²) in [6, 6.07) is 9.33. The number of halogens is 3. The Labute approximate surface area is 118 Å². The molecule has 0 saturated heterocycles. The molecule has 0 amide bonds. The van der Waals surface area contributed by atoms with Gasteiger partial charge < -0.3 is 5.73 Å². The first kappa shape index (κ1) is 12.3. The monoisotopic (exact) mass is 295 g/mol. The van der Waals surface area contributed by atoms with E-state index in [0.717, 1.165) is 5.52 Å². The summed E-state index contributed by atoms with van der Waals surface area (Å²) < 4.78 is 14.7. The normalized spacial score (nSPS) is 11.1. The summed E-state index contributed by atoms with van der Waals surface area (Å²) in [5, 5.41) is 0.817. The average molecular weight is 296 g/mol. The molecule has 0 aliphatic carbocycles. The van der Waals surface area contributed by atoms with Gasteiger partial charge in [0.1, 0.15) is 5.82 Å². The first-order chi connectivity index (χ1) is 9.06. The van der Waals surface area contributed by atoms with E-state index in [4.69, 9.17) is 28.9 Å².